The van der Waals surface area contributed by atoms with Crippen LogP contribution in [0.4, 0.5) is 0 Å². The lowest BCUT2D eigenvalue weighted by Crippen LogP contribution is -2.38. The van der Waals surface area contributed by atoms with E-state index in [4.69, 9.17) is 0 Å². The molecule has 3 fully saturated rings. The van der Waals surface area contributed by atoms with Gasteiger partial charge in [0.25, 0.3) is 0 Å². The second-order valence-corrected chi connectivity index (χ2v) is 6.04. The third kappa shape index (κ3) is 0.639. The van der Waals surface area contributed by atoms with Crippen LogP contribution in [-0.2, 0) is 10.0 Å². The van der Waals surface area contributed by atoms with Crippen LogP contribution in [0.5, 0.6) is 0 Å². The van der Waals surface area contributed by atoms with Gasteiger partial charge in [-0.3, -0.25) is 0 Å². The Labute approximate surface area is 71.0 Å². The van der Waals surface area contributed by atoms with E-state index in [0.717, 1.165) is 6.42 Å². The average molecular weight is 189 g/mol. The summed E-state index contributed by atoms with van der Waals surface area (Å²) in [7, 11) is -3.07. The minimum atomic E-state index is -3.07. The first-order valence-corrected chi connectivity index (χ1v) is 5.83. The first-order chi connectivity index (χ1) is 5.59. The summed E-state index contributed by atoms with van der Waals surface area (Å²) in [6, 6.07) is -0.168. The topological polar surface area (TPSA) is 66.4 Å². The minimum absolute atomic E-state index is 0.168. The van der Waals surface area contributed by atoms with Crippen molar-refractivity contribution < 1.29 is 13.5 Å². The van der Waals surface area contributed by atoms with Gasteiger partial charge in [0.2, 0.25) is 10.0 Å². The number of aliphatic hydroxyl groups excluding tert-OH is 1. The summed E-state index contributed by atoms with van der Waals surface area (Å²) >= 11 is 0. The Hall–Kier alpha value is -0.130. The van der Waals surface area contributed by atoms with Crippen molar-refractivity contribution in [2.45, 2.75) is 30.2 Å². The third-order valence-electron chi connectivity index (χ3n) is 3.60. The van der Waals surface area contributed by atoms with Crippen molar-refractivity contribution in [2.75, 3.05) is 0 Å². The summed E-state index contributed by atoms with van der Waals surface area (Å²) in [5, 5.41) is 9.41. The third-order valence-corrected chi connectivity index (χ3v) is 5.54. The van der Waals surface area contributed by atoms with Crippen LogP contribution in [-0.4, -0.2) is 30.9 Å². The maximum absolute atomic E-state index is 11.4. The Morgan fingerprint density at radius 1 is 1.33 bits per heavy atom. The predicted molar refractivity (Wildman–Crippen MR) is 41.9 cm³/mol. The van der Waals surface area contributed by atoms with E-state index >= 15 is 0 Å². The van der Waals surface area contributed by atoms with Crippen LogP contribution in [0.15, 0.2) is 0 Å². The van der Waals surface area contributed by atoms with Crippen LogP contribution in [0.2, 0.25) is 0 Å². The van der Waals surface area contributed by atoms with Gasteiger partial charge in [-0.2, -0.15) is 0 Å². The lowest BCUT2D eigenvalue weighted by Gasteiger charge is -2.20. The standard InChI is InChI=1S/C7H11NO3S/c9-7-3-1-4-5(2-3)12(10,11)8-6(4)7/h3-9H,1-2H2/t3-,4-,5+,6-,7+/m0/s1. The molecule has 5 atom stereocenters. The fraction of sp³-hybridized carbons (Fsp3) is 1.00. The molecule has 0 amide bonds. The molecule has 3 rings (SSSR count). The van der Waals surface area contributed by atoms with Gasteiger partial charge in [-0.25, -0.2) is 13.1 Å². The highest BCUT2D eigenvalue weighted by molar-refractivity contribution is 7.90. The number of hydrogen-bond donors (Lipinski definition) is 2. The molecule has 2 bridgehead atoms. The van der Waals surface area contributed by atoms with Gasteiger partial charge in [-0.1, -0.05) is 0 Å². The van der Waals surface area contributed by atoms with Crippen molar-refractivity contribution in [1.82, 2.24) is 4.72 Å². The van der Waals surface area contributed by atoms with Crippen LogP contribution in [0, 0.1) is 11.8 Å². The van der Waals surface area contributed by atoms with Crippen LogP contribution >= 0.6 is 0 Å². The molecule has 0 aromatic rings. The summed E-state index contributed by atoms with van der Waals surface area (Å²) in [6.45, 7) is 0. The van der Waals surface area contributed by atoms with Crippen molar-refractivity contribution in [3.63, 3.8) is 0 Å². The Bertz CT molecular complexity index is 326. The number of aliphatic hydroxyl groups is 1. The van der Waals surface area contributed by atoms with Gasteiger partial charge in [0.05, 0.1) is 17.4 Å². The van der Waals surface area contributed by atoms with E-state index in [9.17, 15) is 13.5 Å². The van der Waals surface area contributed by atoms with Crippen molar-refractivity contribution in [2.24, 2.45) is 11.8 Å². The first kappa shape index (κ1) is 7.29. The fourth-order valence-corrected chi connectivity index (χ4v) is 5.17. The van der Waals surface area contributed by atoms with Crippen LogP contribution < -0.4 is 4.72 Å². The van der Waals surface area contributed by atoms with E-state index in [0.29, 0.717) is 6.42 Å². The van der Waals surface area contributed by atoms with Crippen molar-refractivity contribution in [1.29, 1.82) is 0 Å². The van der Waals surface area contributed by atoms with Crippen LogP contribution in [0.3, 0.4) is 0 Å². The minimum Gasteiger partial charge on any atom is -0.391 e. The monoisotopic (exact) mass is 189 g/mol. The molecule has 0 aromatic heterocycles. The number of hydrogen-bond acceptors (Lipinski definition) is 3. The summed E-state index contributed by atoms with van der Waals surface area (Å²) < 4.78 is 25.4. The van der Waals surface area contributed by atoms with Crippen molar-refractivity contribution >= 4 is 10.0 Å². The molecule has 0 unspecified atom stereocenters. The molecule has 0 aromatic carbocycles. The van der Waals surface area contributed by atoms with Crippen LogP contribution in [0.25, 0.3) is 0 Å². The summed E-state index contributed by atoms with van der Waals surface area (Å²) in [4.78, 5) is 0. The van der Waals surface area contributed by atoms with Crippen molar-refractivity contribution in [3.8, 4) is 0 Å². The molecule has 0 spiro atoms. The van der Waals surface area contributed by atoms with Gasteiger partial charge in [-0.05, 0) is 24.7 Å². The molecule has 0 radical (unpaired) electrons. The predicted octanol–water partition coefficient (Wildman–Crippen LogP) is -0.943. The molecule has 1 heterocycles. The number of nitrogens with one attached hydrogen (secondary N) is 1. The normalized spacial score (nSPS) is 59.6. The van der Waals surface area contributed by atoms with Gasteiger partial charge >= 0.3 is 0 Å². The fourth-order valence-electron chi connectivity index (χ4n) is 3.06. The highest BCUT2D eigenvalue weighted by Gasteiger charge is 2.62. The summed E-state index contributed by atoms with van der Waals surface area (Å²) in [6.07, 6.45) is 1.13. The lowest BCUT2D eigenvalue weighted by atomic mass is 9.93. The molecule has 2 N–H and O–H groups in total. The Kier molecular flexibility index (Phi) is 1.13. The molecular weight excluding hydrogens is 178 g/mol. The molecule has 1 aliphatic heterocycles. The maximum atomic E-state index is 11.4. The lowest BCUT2D eigenvalue weighted by molar-refractivity contribution is 0.0970. The molecule has 1 saturated heterocycles. The van der Waals surface area contributed by atoms with Gasteiger partial charge in [0, 0.05) is 0 Å². The molecule has 68 valence electrons. The highest BCUT2D eigenvalue weighted by Crippen LogP contribution is 2.51. The van der Waals surface area contributed by atoms with Gasteiger partial charge in [0.1, 0.15) is 0 Å². The number of rotatable bonds is 0. The average Bonchev–Trinajstić information content (AvgIpc) is 2.54. The Morgan fingerprint density at radius 3 is 2.67 bits per heavy atom. The summed E-state index contributed by atoms with van der Waals surface area (Å²) in [5.74, 6) is 0.421. The number of sulfonamides is 1. The van der Waals surface area contributed by atoms with Gasteiger partial charge in [0.15, 0.2) is 0 Å². The molecule has 2 saturated carbocycles. The SMILES string of the molecule is O=S1(=O)N[C@@H]2[C@H](O)[C@H]3C[C@H]2[C@H]1C3. The van der Waals surface area contributed by atoms with Crippen LogP contribution in [0.1, 0.15) is 12.8 Å². The zero-order valence-corrected chi connectivity index (χ0v) is 7.29. The molecule has 12 heavy (non-hydrogen) atoms. The second-order valence-electron chi connectivity index (χ2n) is 4.11. The molecular formula is C7H11NO3S. The molecule has 4 nitrogen and oxygen atoms in total. The second kappa shape index (κ2) is 1.86. The Balaban J connectivity index is 2.11. The summed E-state index contributed by atoms with van der Waals surface area (Å²) in [5.41, 5.74) is 0. The largest absolute Gasteiger partial charge is 0.391 e. The Morgan fingerprint density at radius 2 is 2.08 bits per heavy atom. The van der Waals surface area contributed by atoms with E-state index in [1.54, 1.807) is 0 Å². The van der Waals surface area contributed by atoms with E-state index in [1.807, 2.05) is 0 Å². The first-order valence-electron chi connectivity index (χ1n) is 4.29. The maximum Gasteiger partial charge on any atom is 0.215 e. The van der Waals surface area contributed by atoms with Crippen molar-refractivity contribution in [3.05, 3.63) is 0 Å². The molecule has 3 aliphatic rings. The van der Waals surface area contributed by atoms with E-state index < -0.39 is 16.1 Å². The highest BCUT2D eigenvalue weighted by atomic mass is 32.2. The molecule has 2 aliphatic carbocycles. The number of fused-ring (bicyclic) bond motifs is 1. The van der Waals surface area contributed by atoms with E-state index in [1.165, 1.54) is 0 Å². The smallest absolute Gasteiger partial charge is 0.215 e. The van der Waals surface area contributed by atoms with E-state index in [-0.39, 0.29) is 23.1 Å². The van der Waals surface area contributed by atoms with Gasteiger partial charge in [-0.15, -0.1) is 0 Å². The zero-order valence-electron chi connectivity index (χ0n) is 6.47. The van der Waals surface area contributed by atoms with Gasteiger partial charge < -0.3 is 5.11 Å². The zero-order chi connectivity index (χ0) is 8.51. The van der Waals surface area contributed by atoms with E-state index in [2.05, 4.69) is 4.72 Å². The quantitative estimate of drug-likeness (QED) is 0.516. The molecule has 5 heteroatoms.